The predicted octanol–water partition coefficient (Wildman–Crippen LogP) is 2.30. The van der Waals surface area contributed by atoms with Crippen LogP contribution in [-0.4, -0.2) is 34.9 Å². The molecule has 1 saturated heterocycles. The Morgan fingerprint density at radius 3 is 3.05 bits per heavy atom. The second kappa shape index (κ2) is 5.90. The number of likely N-dealkylation sites (tertiary alicyclic amines) is 1. The highest BCUT2D eigenvalue weighted by molar-refractivity contribution is 5.84. The van der Waals surface area contributed by atoms with Crippen molar-refractivity contribution in [1.29, 1.82) is 0 Å². The molecule has 0 spiro atoms. The van der Waals surface area contributed by atoms with E-state index in [1.165, 1.54) is 10.9 Å². The second-order valence-electron chi connectivity index (χ2n) is 6.13. The van der Waals surface area contributed by atoms with E-state index in [2.05, 4.69) is 24.0 Å². The lowest BCUT2D eigenvalue weighted by Gasteiger charge is -2.35. The zero-order valence-electron chi connectivity index (χ0n) is 12.5. The molecule has 2 aromatic rings. The van der Waals surface area contributed by atoms with Crippen molar-refractivity contribution >= 4 is 16.8 Å². The van der Waals surface area contributed by atoms with Crippen molar-refractivity contribution < 1.29 is 4.79 Å². The molecule has 21 heavy (non-hydrogen) atoms. The highest BCUT2D eigenvalue weighted by atomic mass is 16.2. The molecule has 0 saturated carbocycles. The summed E-state index contributed by atoms with van der Waals surface area (Å²) in [6.07, 6.45) is 4.30. The Morgan fingerprint density at radius 2 is 2.24 bits per heavy atom. The fraction of sp³-hybridized carbons (Fsp3) is 0.471. The van der Waals surface area contributed by atoms with Crippen molar-refractivity contribution in [3.05, 3.63) is 36.0 Å². The van der Waals surface area contributed by atoms with Gasteiger partial charge in [-0.1, -0.05) is 25.1 Å². The number of nitrogens with two attached hydrogens (primary N) is 1. The summed E-state index contributed by atoms with van der Waals surface area (Å²) in [6, 6.07) is 8.46. The normalized spacial score (nSPS) is 22.7. The van der Waals surface area contributed by atoms with E-state index in [0.29, 0.717) is 12.3 Å². The van der Waals surface area contributed by atoms with Gasteiger partial charge < -0.3 is 15.6 Å². The van der Waals surface area contributed by atoms with Gasteiger partial charge in [0.25, 0.3) is 0 Å². The highest BCUT2D eigenvalue weighted by Gasteiger charge is 2.25. The number of fused-ring (bicyclic) bond motifs is 1. The van der Waals surface area contributed by atoms with Crippen molar-refractivity contribution in [2.45, 2.75) is 32.2 Å². The van der Waals surface area contributed by atoms with E-state index in [9.17, 15) is 4.79 Å². The molecule has 2 heterocycles. The summed E-state index contributed by atoms with van der Waals surface area (Å²) in [7, 11) is 0. The molecule has 4 heteroatoms. The molecule has 1 aromatic heterocycles. The van der Waals surface area contributed by atoms with Crippen molar-refractivity contribution in [2.75, 3.05) is 13.1 Å². The molecule has 2 atom stereocenters. The van der Waals surface area contributed by atoms with Gasteiger partial charge in [-0.05, 0) is 30.4 Å². The van der Waals surface area contributed by atoms with E-state index in [1.807, 2.05) is 23.2 Å². The SMILES string of the molecule is CC1CN(C(=O)CCc2c[nH]c3ccccc23)CCC1N. The Balaban J connectivity index is 1.61. The number of hydrogen-bond acceptors (Lipinski definition) is 2. The van der Waals surface area contributed by atoms with Gasteiger partial charge in [-0.15, -0.1) is 0 Å². The third-order valence-corrected chi connectivity index (χ3v) is 4.61. The fourth-order valence-corrected chi connectivity index (χ4v) is 3.13. The first-order chi connectivity index (χ1) is 10.1. The zero-order chi connectivity index (χ0) is 14.8. The fourth-order valence-electron chi connectivity index (χ4n) is 3.13. The number of hydrogen-bond donors (Lipinski definition) is 2. The number of amides is 1. The molecule has 112 valence electrons. The van der Waals surface area contributed by atoms with Crippen LogP contribution in [0.5, 0.6) is 0 Å². The number of nitrogens with zero attached hydrogens (tertiary/aromatic N) is 1. The summed E-state index contributed by atoms with van der Waals surface area (Å²) in [5, 5.41) is 1.22. The summed E-state index contributed by atoms with van der Waals surface area (Å²) in [4.78, 5) is 17.6. The van der Waals surface area contributed by atoms with Crippen molar-refractivity contribution in [3.63, 3.8) is 0 Å². The zero-order valence-corrected chi connectivity index (χ0v) is 12.5. The number of nitrogens with one attached hydrogen (secondary N) is 1. The average Bonchev–Trinajstić information content (AvgIpc) is 2.91. The predicted molar refractivity (Wildman–Crippen MR) is 85.0 cm³/mol. The standard InChI is InChI=1S/C17H23N3O/c1-12-11-20(9-8-15(12)18)17(21)7-6-13-10-19-16-5-3-2-4-14(13)16/h2-5,10,12,15,19H,6-9,11,18H2,1H3. The van der Waals surface area contributed by atoms with Crippen LogP contribution in [0.15, 0.2) is 30.5 Å². The molecule has 2 unspecified atom stereocenters. The molecule has 0 bridgehead atoms. The van der Waals surface area contributed by atoms with Crippen molar-refractivity contribution in [1.82, 2.24) is 9.88 Å². The molecule has 3 N–H and O–H groups in total. The van der Waals surface area contributed by atoms with Crippen LogP contribution in [0.25, 0.3) is 10.9 Å². The minimum Gasteiger partial charge on any atom is -0.361 e. The van der Waals surface area contributed by atoms with Crippen LogP contribution in [0.2, 0.25) is 0 Å². The summed E-state index contributed by atoms with van der Waals surface area (Å²) in [5.74, 6) is 0.648. The van der Waals surface area contributed by atoms with Gasteiger partial charge in [0.2, 0.25) is 5.91 Å². The maximum absolute atomic E-state index is 12.4. The van der Waals surface area contributed by atoms with E-state index < -0.39 is 0 Å². The Bertz CT molecular complexity index is 634. The van der Waals surface area contributed by atoms with Gasteiger partial charge in [-0.3, -0.25) is 4.79 Å². The van der Waals surface area contributed by atoms with Gasteiger partial charge in [0.15, 0.2) is 0 Å². The van der Waals surface area contributed by atoms with Crippen LogP contribution in [0, 0.1) is 5.92 Å². The monoisotopic (exact) mass is 285 g/mol. The van der Waals surface area contributed by atoms with Crippen LogP contribution in [0.3, 0.4) is 0 Å². The smallest absolute Gasteiger partial charge is 0.222 e. The lowest BCUT2D eigenvalue weighted by molar-refractivity contribution is -0.133. The first kappa shape index (κ1) is 14.1. The minimum atomic E-state index is 0.239. The van der Waals surface area contributed by atoms with E-state index in [0.717, 1.165) is 31.4 Å². The van der Waals surface area contributed by atoms with Crippen LogP contribution in [-0.2, 0) is 11.2 Å². The number of H-pyrrole nitrogens is 1. The summed E-state index contributed by atoms with van der Waals surface area (Å²) in [5.41, 5.74) is 8.37. The van der Waals surface area contributed by atoms with Crippen LogP contribution in [0.4, 0.5) is 0 Å². The van der Waals surface area contributed by atoms with E-state index in [-0.39, 0.29) is 11.9 Å². The first-order valence-corrected chi connectivity index (χ1v) is 7.73. The van der Waals surface area contributed by atoms with Gasteiger partial charge in [0.1, 0.15) is 0 Å². The lowest BCUT2D eigenvalue weighted by Crippen LogP contribution is -2.48. The molecular weight excluding hydrogens is 262 g/mol. The second-order valence-corrected chi connectivity index (χ2v) is 6.13. The maximum Gasteiger partial charge on any atom is 0.222 e. The molecule has 1 fully saturated rings. The van der Waals surface area contributed by atoms with E-state index >= 15 is 0 Å². The van der Waals surface area contributed by atoms with Crippen LogP contribution < -0.4 is 5.73 Å². The molecule has 4 nitrogen and oxygen atoms in total. The quantitative estimate of drug-likeness (QED) is 0.909. The van der Waals surface area contributed by atoms with Crippen molar-refractivity contribution in [2.24, 2.45) is 11.7 Å². The maximum atomic E-state index is 12.4. The number of carbonyl (C=O) groups excluding carboxylic acids is 1. The molecule has 1 aliphatic heterocycles. The molecule has 1 aliphatic rings. The minimum absolute atomic E-state index is 0.239. The number of aromatic amines is 1. The molecule has 3 rings (SSSR count). The number of para-hydroxylation sites is 1. The first-order valence-electron chi connectivity index (χ1n) is 7.73. The molecular formula is C17H23N3O. The summed E-state index contributed by atoms with van der Waals surface area (Å²) in [6.45, 7) is 3.73. The lowest BCUT2D eigenvalue weighted by atomic mass is 9.94. The number of rotatable bonds is 3. The third-order valence-electron chi connectivity index (χ3n) is 4.61. The molecule has 1 aromatic carbocycles. The average molecular weight is 285 g/mol. The highest BCUT2D eigenvalue weighted by Crippen LogP contribution is 2.20. The third kappa shape index (κ3) is 2.95. The van der Waals surface area contributed by atoms with Crippen LogP contribution in [0.1, 0.15) is 25.3 Å². The van der Waals surface area contributed by atoms with Gasteiger partial charge >= 0.3 is 0 Å². The molecule has 0 radical (unpaired) electrons. The van der Waals surface area contributed by atoms with E-state index in [1.54, 1.807) is 0 Å². The van der Waals surface area contributed by atoms with Crippen LogP contribution >= 0.6 is 0 Å². The summed E-state index contributed by atoms with van der Waals surface area (Å²) >= 11 is 0. The van der Waals surface area contributed by atoms with Gasteiger partial charge in [-0.25, -0.2) is 0 Å². The molecule has 0 aliphatic carbocycles. The number of aromatic nitrogens is 1. The Morgan fingerprint density at radius 1 is 1.43 bits per heavy atom. The van der Waals surface area contributed by atoms with Gasteiger partial charge in [0, 0.05) is 42.7 Å². The topological polar surface area (TPSA) is 62.1 Å². The summed E-state index contributed by atoms with van der Waals surface area (Å²) < 4.78 is 0. The van der Waals surface area contributed by atoms with Gasteiger partial charge in [0.05, 0.1) is 0 Å². The number of carbonyl (C=O) groups is 1. The van der Waals surface area contributed by atoms with Gasteiger partial charge in [-0.2, -0.15) is 0 Å². The van der Waals surface area contributed by atoms with Crippen molar-refractivity contribution in [3.8, 4) is 0 Å². The Labute approximate surface area is 125 Å². The Hall–Kier alpha value is -1.81. The number of aryl methyl sites for hydroxylation is 1. The number of piperidine rings is 1. The van der Waals surface area contributed by atoms with E-state index in [4.69, 9.17) is 5.73 Å². The largest absolute Gasteiger partial charge is 0.361 e. The number of benzene rings is 1. The Kier molecular flexibility index (Phi) is 3.97. The molecule has 1 amide bonds.